The van der Waals surface area contributed by atoms with Crippen molar-refractivity contribution in [2.24, 2.45) is 0 Å². The first-order valence-electron chi connectivity index (χ1n) is 14.9. The third-order valence-corrected chi connectivity index (χ3v) is 10.00. The Morgan fingerprint density at radius 2 is 1.60 bits per heavy atom. The minimum Gasteiger partial charge on any atom is -0.352 e. The minimum atomic E-state index is -3.71. The molecule has 0 spiro atoms. The van der Waals surface area contributed by atoms with Crippen molar-refractivity contribution < 1.29 is 18.0 Å². The Balaban J connectivity index is 1.40. The molecule has 1 N–H and O–H groups in total. The van der Waals surface area contributed by atoms with Crippen LogP contribution in [0.5, 0.6) is 0 Å². The minimum absolute atomic E-state index is 0.0357. The van der Waals surface area contributed by atoms with Crippen molar-refractivity contribution >= 4 is 38.3 Å². The van der Waals surface area contributed by atoms with Crippen molar-refractivity contribution in [1.29, 1.82) is 0 Å². The molecule has 1 aliphatic heterocycles. The predicted molar refractivity (Wildman–Crippen MR) is 171 cm³/mol. The number of nitrogens with one attached hydrogen (secondary N) is 1. The molecule has 0 radical (unpaired) electrons. The fraction of sp³-hybridized carbons (Fsp3) is 0.314. The molecule has 2 atom stereocenters. The van der Waals surface area contributed by atoms with Gasteiger partial charge in [-0.15, -0.1) is 0 Å². The van der Waals surface area contributed by atoms with Gasteiger partial charge in [0.05, 0.1) is 10.6 Å². The van der Waals surface area contributed by atoms with E-state index in [4.69, 9.17) is 0 Å². The van der Waals surface area contributed by atoms with Crippen LogP contribution in [0.3, 0.4) is 0 Å². The van der Waals surface area contributed by atoms with E-state index in [1.807, 2.05) is 99.6 Å². The summed E-state index contributed by atoms with van der Waals surface area (Å²) in [7, 11) is -3.71. The molecule has 224 valence electrons. The summed E-state index contributed by atoms with van der Waals surface area (Å²) in [4.78, 5) is 29.8. The Morgan fingerprint density at radius 1 is 0.907 bits per heavy atom. The molecule has 0 bridgehead atoms. The van der Waals surface area contributed by atoms with Crippen LogP contribution in [-0.2, 0) is 32.6 Å². The molecule has 43 heavy (non-hydrogen) atoms. The van der Waals surface area contributed by atoms with E-state index in [0.29, 0.717) is 23.4 Å². The summed E-state index contributed by atoms with van der Waals surface area (Å²) in [5.74, 6) is -0.377. The second-order valence-electron chi connectivity index (χ2n) is 11.3. The average molecular weight is 598 g/mol. The van der Waals surface area contributed by atoms with E-state index >= 15 is 0 Å². The molecule has 2 amide bonds. The fourth-order valence-electron chi connectivity index (χ4n) is 5.72. The largest absolute Gasteiger partial charge is 0.352 e. The molecule has 4 aromatic rings. The van der Waals surface area contributed by atoms with Crippen molar-refractivity contribution in [2.45, 2.75) is 70.0 Å². The number of aryl methyl sites for hydroxylation is 1. The van der Waals surface area contributed by atoms with Gasteiger partial charge in [-0.2, -0.15) is 0 Å². The van der Waals surface area contributed by atoms with Gasteiger partial charge in [-0.25, -0.2) is 8.42 Å². The van der Waals surface area contributed by atoms with Crippen molar-refractivity contribution in [3.63, 3.8) is 0 Å². The van der Waals surface area contributed by atoms with Gasteiger partial charge in [0.1, 0.15) is 6.04 Å². The maximum absolute atomic E-state index is 14.0. The number of anilines is 1. The third kappa shape index (κ3) is 6.59. The summed E-state index contributed by atoms with van der Waals surface area (Å²) >= 11 is 0. The van der Waals surface area contributed by atoms with Crippen LogP contribution in [0, 0.1) is 6.92 Å². The van der Waals surface area contributed by atoms with Crippen LogP contribution in [-0.4, -0.2) is 43.8 Å². The summed E-state index contributed by atoms with van der Waals surface area (Å²) in [6.07, 6.45) is 1.57. The molecular weight excluding hydrogens is 558 g/mol. The van der Waals surface area contributed by atoms with Crippen LogP contribution in [0.1, 0.15) is 49.8 Å². The SMILES string of the molecule is CC[C@H](C)NC(=O)[C@H](Cc1ccccc1)N(Cc1cccc(C)c1)C(=O)CCCN1c2cccc3cccc(c23)S1(=O)=O. The van der Waals surface area contributed by atoms with Gasteiger partial charge in [-0.05, 0) is 55.3 Å². The molecule has 4 aromatic carbocycles. The van der Waals surface area contributed by atoms with Gasteiger partial charge in [0.15, 0.2) is 0 Å². The number of carbonyl (C=O) groups excluding carboxylic acids is 2. The average Bonchev–Trinajstić information content (AvgIpc) is 3.22. The van der Waals surface area contributed by atoms with Crippen molar-refractivity contribution in [2.75, 3.05) is 10.8 Å². The molecule has 7 nitrogen and oxygen atoms in total. The molecule has 1 heterocycles. The molecule has 1 aliphatic rings. The lowest BCUT2D eigenvalue weighted by Crippen LogP contribution is -2.52. The van der Waals surface area contributed by atoms with Crippen LogP contribution in [0.4, 0.5) is 5.69 Å². The quantitative estimate of drug-likeness (QED) is 0.217. The van der Waals surface area contributed by atoms with Gasteiger partial charge >= 0.3 is 0 Å². The standard InChI is InChI=1S/C35H39N3O4S/c1-4-26(3)36-35(40)31(23-27-13-6-5-7-14-27)37(24-28-15-8-12-25(2)22-28)33(39)20-11-21-38-30-18-9-16-29-17-10-19-32(34(29)30)43(38,41)42/h5-10,12-19,22,26,31H,4,11,20-21,23-24H2,1-3H3,(H,36,40)/t26-,31-/m0/s1. The van der Waals surface area contributed by atoms with Gasteiger partial charge in [0, 0.05) is 37.4 Å². The van der Waals surface area contributed by atoms with Crippen molar-refractivity contribution in [3.05, 3.63) is 108 Å². The Morgan fingerprint density at radius 3 is 2.33 bits per heavy atom. The van der Waals surface area contributed by atoms with Crippen LogP contribution in [0.25, 0.3) is 10.8 Å². The number of hydrogen-bond donors (Lipinski definition) is 1. The van der Waals surface area contributed by atoms with Crippen molar-refractivity contribution in [3.8, 4) is 0 Å². The Hall–Kier alpha value is -4.17. The van der Waals surface area contributed by atoms with E-state index in [0.717, 1.165) is 33.9 Å². The summed E-state index contributed by atoms with van der Waals surface area (Å²) in [5.41, 5.74) is 3.61. The molecule has 5 rings (SSSR count). The molecule has 0 aliphatic carbocycles. The van der Waals surface area contributed by atoms with E-state index < -0.39 is 16.1 Å². The highest BCUT2D eigenvalue weighted by molar-refractivity contribution is 7.93. The second kappa shape index (κ2) is 13.0. The number of carbonyl (C=O) groups is 2. The molecule has 0 saturated heterocycles. The smallest absolute Gasteiger partial charge is 0.265 e. The number of sulfonamides is 1. The predicted octanol–water partition coefficient (Wildman–Crippen LogP) is 5.99. The molecule has 0 unspecified atom stereocenters. The zero-order chi connectivity index (χ0) is 30.6. The lowest BCUT2D eigenvalue weighted by molar-refractivity contribution is -0.141. The van der Waals surface area contributed by atoms with E-state index in [9.17, 15) is 18.0 Å². The summed E-state index contributed by atoms with van der Waals surface area (Å²) < 4.78 is 28.3. The zero-order valence-electron chi connectivity index (χ0n) is 25.0. The van der Waals surface area contributed by atoms with E-state index in [-0.39, 0.29) is 37.4 Å². The lowest BCUT2D eigenvalue weighted by Gasteiger charge is -2.32. The molecular formula is C35H39N3O4S. The first-order valence-corrected chi connectivity index (χ1v) is 16.4. The highest BCUT2D eigenvalue weighted by atomic mass is 32.2. The Labute approximate surface area is 254 Å². The molecule has 8 heteroatoms. The summed E-state index contributed by atoms with van der Waals surface area (Å²) in [6, 6.07) is 27.8. The maximum Gasteiger partial charge on any atom is 0.265 e. The molecule has 0 saturated carbocycles. The zero-order valence-corrected chi connectivity index (χ0v) is 25.8. The van der Waals surface area contributed by atoms with Crippen molar-refractivity contribution in [1.82, 2.24) is 10.2 Å². The van der Waals surface area contributed by atoms with E-state index in [2.05, 4.69) is 5.32 Å². The number of nitrogens with zero attached hydrogens (tertiary/aromatic N) is 2. The lowest BCUT2D eigenvalue weighted by atomic mass is 10.0. The van der Waals surface area contributed by atoms with E-state index in [1.165, 1.54) is 4.31 Å². The fourth-order valence-corrected chi connectivity index (χ4v) is 7.47. The topological polar surface area (TPSA) is 86.8 Å². The highest BCUT2D eigenvalue weighted by Crippen LogP contribution is 2.42. The van der Waals surface area contributed by atoms with E-state index in [1.54, 1.807) is 17.0 Å². The second-order valence-corrected chi connectivity index (χ2v) is 13.2. The normalized spacial score (nSPS) is 14.8. The van der Waals surface area contributed by atoms with Gasteiger partial charge in [-0.3, -0.25) is 13.9 Å². The maximum atomic E-state index is 14.0. The number of amides is 2. The number of rotatable bonds is 12. The third-order valence-electron chi connectivity index (χ3n) is 8.14. The Bertz CT molecular complexity index is 1720. The number of benzene rings is 4. The van der Waals surface area contributed by atoms with Gasteiger partial charge in [0.2, 0.25) is 11.8 Å². The monoisotopic (exact) mass is 597 g/mol. The first-order chi connectivity index (χ1) is 20.7. The number of hydrogen-bond acceptors (Lipinski definition) is 4. The Kier molecular flexibility index (Phi) is 9.16. The van der Waals surface area contributed by atoms with Crippen LogP contribution >= 0.6 is 0 Å². The summed E-state index contributed by atoms with van der Waals surface area (Å²) in [5, 5.41) is 4.69. The van der Waals surface area contributed by atoms with Crippen LogP contribution in [0.15, 0.2) is 95.9 Å². The molecule has 0 fully saturated rings. The van der Waals surface area contributed by atoms with Gasteiger partial charge in [0.25, 0.3) is 10.0 Å². The highest BCUT2D eigenvalue weighted by Gasteiger charge is 2.36. The van der Waals surface area contributed by atoms with Gasteiger partial charge < -0.3 is 10.2 Å². The summed E-state index contributed by atoms with van der Waals surface area (Å²) in [6.45, 7) is 6.42. The van der Waals surface area contributed by atoms with Gasteiger partial charge in [-0.1, -0.05) is 91.3 Å². The molecule has 0 aromatic heterocycles. The van der Waals surface area contributed by atoms with Crippen LogP contribution < -0.4 is 9.62 Å². The first kappa shape index (κ1) is 30.3. The van der Waals surface area contributed by atoms with Crippen LogP contribution in [0.2, 0.25) is 0 Å².